The zero-order valence-electron chi connectivity index (χ0n) is 9.47. The first kappa shape index (κ1) is 12.8. The van der Waals surface area contributed by atoms with E-state index in [2.05, 4.69) is 5.32 Å². The average molecular weight is 239 g/mol. The third-order valence-corrected chi connectivity index (χ3v) is 2.20. The Hall–Kier alpha value is -2.31. The van der Waals surface area contributed by atoms with Crippen LogP contribution in [-0.2, 0) is 4.79 Å². The smallest absolute Gasteiger partial charge is 0.333 e. The highest BCUT2D eigenvalue weighted by molar-refractivity contribution is 5.84. The lowest BCUT2D eigenvalue weighted by Crippen LogP contribution is -2.32. The topological polar surface area (TPSA) is 107 Å². The quantitative estimate of drug-likeness (QED) is 0.586. The molecule has 1 rings (SSSR count). The third kappa shape index (κ3) is 2.83. The van der Waals surface area contributed by atoms with Crippen LogP contribution < -0.4 is 15.8 Å². The molecule has 3 N–H and O–H groups in total. The van der Waals surface area contributed by atoms with Gasteiger partial charge in [-0.1, -0.05) is 6.07 Å². The molecule has 0 aliphatic rings. The molecule has 0 saturated heterocycles. The van der Waals surface area contributed by atoms with Crippen LogP contribution in [-0.4, -0.2) is 24.0 Å². The van der Waals surface area contributed by atoms with E-state index in [1.807, 2.05) is 0 Å². The molecule has 0 radical (unpaired) electrons. The molecule has 0 fully saturated rings. The Kier molecular flexibility index (Phi) is 3.86. The number of para-hydroxylation sites is 1. The van der Waals surface area contributed by atoms with Crippen molar-refractivity contribution >= 4 is 17.3 Å². The number of ether oxygens (including phenoxy) is 1. The molecule has 1 atom stereocenters. The van der Waals surface area contributed by atoms with Crippen LogP contribution in [0.1, 0.15) is 6.92 Å². The van der Waals surface area contributed by atoms with Gasteiger partial charge in [0, 0.05) is 0 Å². The lowest BCUT2D eigenvalue weighted by molar-refractivity contribution is -0.384. The number of amides is 1. The van der Waals surface area contributed by atoms with Gasteiger partial charge >= 0.3 is 5.69 Å². The SMILES string of the molecule is COc1cccc(NC(C)C(N)=O)c1[N+](=O)[O-]. The number of methoxy groups -OCH3 is 1. The molecule has 7 nitrogen and oxygen atoms in total. The number of rotatable bonds is 5. The highest BCUT2D eigenvalue weighted by Crippen LogP contribution is 2.34. The van der Waals surface area contributed by atoms with Crippen molar-refractivity contribution in [1.29, 1.82) is 0 Å². The van der Waals surface area contributed by atoms with Crippen LogP contribution in [0.3, 0.4) is 0 Å². The predicted molar refractivity (Wildman–Crippen MR) is 61.9 cm³/mol. The summed E-state index contributed by atoms with van der Waals surface area (Å²) in [5, 5.41) is 13.6. The summed E-state index contributed by atoms with van der Waals surface area (Å²) < 4.78 is 4.89. The summed E-state index contributed by atoms with van der Waals surface area (Å²) >= 11 is 0. The minimum atomic E-state index is -0.708. The number of hydrogen-bond donors (Lipinski definition) is 2. The van der Waals surface area contributed by atoms with Gasteiger partial charge in [-0.25, -0.2) is 0 Å². The van der Waals surface area contributed by atoms with Crippen molar-refractivity contribution in [3.8, 4) is 5.75 Å². The molecule has 1 unspecified atom stereocenters. The number of benzene rings is 1. The zero-order chi connectivity index (χ0) is 13.0. The molecule has 1 aromatic rings. The largest absolute Gasteiger partial charge is 0.490 e. The number of anilines is 1. The van der Waals surface area contributed by atoms with Crippen LogP contribution in [0.2, 0.25) is 0 Å². The molecule has 0 aliphatic heterocycles. The lowest BCUT2D eigenvalue weighted by Gasteiger charge is -2.12. The van der Waals surface area contributed by atoms with Crippen molar-refractivity contribution in [1.82, 2.24) is 0 Å². The molecule has 7 heteroatoms. The van der Waals surface area contributed by atoms with Gasteiger partial charge in [-0.15, -0.1) is 0 Å². The number of carbonyl (C=O) groups is 1. The second-order valence-electron chi connectivity index (χ2n) is 3.38. The van der Waals surface area contributed by atoms with Crippen LogP contribution in [0.25, 0.3) is 0 Å². The summed E-state index contributed by atoms with van der Waals surface area (Å²) in [6.45, 7) is 1.52. The number of nitro benzene ring substituents is 1. The standard InChI is InChI=1S/C10H13N3O4/c1-6(10(11)14)12-7-4-3-5-8(17-2)9(7)13(15)16/h3-6,12H,1-2H3,(H2,11,14). The van der Waals surface area contributed by atoms with Crippen molar-refractivity contribution in [3.05, 3.63) is 28.3 Å². The van der Waals surface area contributed by atoms with Gasteiger partial charge < -0.3 is 15.8 Å². The van der Waals surface area contributed by atoms with E-state index in [1.165, 1.54) is 26.2 Å². The minimum Gasteiger partial charge on any atom is -0.490 e. The van der Waals surface area contributed by atoms with Crippen molar-refractivity contribution in [3.63, 3.8) is 0 Å². The summed E-state index contributed by atoms with van der Waals surface area (Å²) in [6.07, 6.45) is 0. The Labute approximate surface area is 97.7 Å². The first-order valence-electron chi connectivity index (χ1n) is 4.84. The van der Waals surface area contributed by atoms with Gasteiger partial charge in [0.2, 0.25) is 5.91 Å². The van der Waals surface area contributed by atoms with E-state index in [-0.39, 0.29) is 17.1 Å². The number of nitrogens with zero attached hydrogens (tertiary/aromatic N) is 1. The molecule has 0 bridgehead atoms. The van der Waals surface area contributed by atoms with Gasteiger partial charge in [0.15, 0.2) is 5.75 Å². The number of carbonyl (C=O) groups excluding carboxylic acids is 1. The van der Waals surface area contributed by atoms with Gasteiger partial charge in [-0.05, 0) is 19.1 Å². The van der Waals surface area contributed by atoms with Crippen molar-refractivity contribution in [2.75, 3.05) is 12.4 Å². The van der Waals surface area contributed by atoms with Gasteiger partial charge in [0.1, 0.15) is 11.7 Å². The van der Waals surface area contributed by atoms with Gasteiger partial charge in [0.25, 0.3) is 0 Å². The Balaban J connectivity index is 3.14. The highest BCUT2D eigenvalue weighted by atomic mass is 16.6. The second kappa shape index (κ2) is 5.15. The number of hydrogen-bond acceptors (Lipinski definition) is 5. The molecule has 0 spiro atoms. The van der Waals surface area contributed by atoms with E-state index in [0.717, 1.165) is 0 Å². The number of primary amides is 1. The van der Waals surface area contributed by atoms with E-state index in [0.29, 0.717) is 0 Å². The van der Waals surface area contributed by atoms with Gasteiger partial charge in [-0.2, -0.15) is 0 Å². The molecule has 0 aliphatic carbocycles. The van der Waals surface area contributed by atoms with Crippen molar-refractivity contribution in [2.45, 2.75) is 13.0 Å². The van der Waals surface area contributed by atoms with E-state index in [1.54, 1.807) is 6.07 Å². The molecule has 0 heterocycles. The summed E-state index contributed by atoms with van der Waals surface area (Å²) in [6, 6.07) is 3.83. The summed E-state index contributed by atoms with van der Waals surface area (Å²) in [5.74, 6) is -0.473. The first-order valence-corrected chi connectivity index (χ1v) is 4.84. The Morgan fingerprint density at radius 1 is 1.59 bits per heavy atom. The maximum atomic E-state index is 10.9. The van der Waals surface area contributed by atoms with Gasteiger partial charge in [0.05, 0.1) is 12.0 Å². The highest BCUT2D eigenvalue weighted by Gasteiger charge is 2.22. The zero-order valence-corrected chi connectivity index (χ0v) is 9.47. The summed E-state index contributed by atoms with van der Waals surface area (Å²) in [5.41, 5.74) is 5.05. The molecule has 1 aromatic carbocycles. The molecule has 92 valence electrons. The summed E-state index contributed by atoms with van der Waals surface area (Å²) in [4.78, 5) is 21.2. The van der Waals surface area contributed by atoms with E-state index < -0.39 is 16.9 Å². The predicted octanol–water partition coefficient (Wildman–Crippen LogP) is 0.889. The van der Waals surface area contributed by atoms with Crippen LogP contribution in [0.5, 0.6) is 5.75 Å². The maximum absolute atomic E-state index is 10.9. The van der Waals surface area contributed by atoms with Crippen LogP contribution in [0.4, 0.5) is 11.4 Å². The number of nitro groups is 1. The summed E-state index contributed by atoms with van der Waals surface area (Å²) in [7, 11) is 1.34. The molecule has 1 amide bonds. The van der Waals surface area contributed by atoms with Crippen molar-refractivity contribution in [2.24, 2.45) is 5.73 Å². The Morgan fingerprint density at radius 3 is 2.71 bits per heavy atom. The Morgan fingerprint density at radius 2 is 2.24 bits per heavy atom. The van der Waals surface area contributed by atoms with Crippen LogP contribution in [0.15, 0.2) is 18.2 Å². The first-order chi connectivity index (χ1) is 7.97. The van der Waals surface area contributed by atoms with E-state index in [4.69, 9.17) is 10.5 Å². The molecule has 0 saturated carbocycles. The number of nitrogens with one attached hydrogen (secondary N) is 1. The number of nitrogens with two attached hydrogens (primary N) is 1. The van der Waals surface area contributed by atoms with Crippen LogP contribution in [0, 0.1) is 10.1 Å². The second-order valence-corrected chi connectivity index (χ2v) is 3.38. The van der Waals surface area contributed by atoms with E-state index in [9.17, 15) is 14.9 Å². The molecular weight excluding hydrogens is 226 g/mol. The third-order valence-electron chi connectivity index (χ3n) is 2.20. The fourth-order valence-corrected chi connectivity index (χ4v) is 1.30. The molecular formula is C10H13N3O4. The van der Waals surface area contributed by atoms with Gasteiger partial charge in [-0.3, -0.25) is 14.9 Å². The normalized spacial score (nSPS) is 11.6. The Bertz CT molecular complexity index is 447. The monoisotopic (exact) mass is 239 g/mol. The molecule has 17 heavy (non-hydrogen) atoms. The average Bonchev–Trinajstić information content (AvgIpc) is 2.27. The van der Waals surface area contributed by atoms with E-state index >= 15 is 0 Å². The minimum absolute atomic E-state index is 0.122. The van der Waals surface area contributed by atoms with Crippen LogP contribution >= 0.6 is 0 Å². The maximum Gasteiger partial charge on any atom is 0.333 e. The fourth-order valence-electron chi connectivity index (χ4n) is 1.30. The fraction of sp³-hybridized carbons (Fsp3) is 0.300. The lowest BCUT2D eigenvalue weighted by atomic mass is 10.2. The van der Waals surface area contributed by atoms with Crippen molar-refractivity contribution < 1.29 is 14.5 Å². The molecule has 0 aromatic heterocycles.